The summed E-state index contributed by atoms with van der Waals surface area (Å²) >= 11 is 0. The fourth-order valence-electron chi connectivity index (χ4n) is 2.67. The van der Waals surface area contributed by atoms with E-state index in [1.54, 1.807) is 4.90 Å². The van der Waals surface area contributed by atoms with E-state index in [4.69, 9.17) is 0 Å². The van der Waals surface area contributed by atoms with Crippen molar-refractivity contribution >= 4 is 0 Å². The molecule has 2 nitrogen and oxygen atoms in total. The van der Waals surface area contributed by atoms with Gasteiger partial charge >= 0.3 is 6.18 Å². The van der Waals surface area contributed by atoms with Crippen molar-refractivity contribution in [2.24, 2.45) is 5.41 Å². The third-order valence-electron chi connectivity index (χ3n) is 3.66. The summed E-state index contributed by atoms with van der Waals surface area (Å²) in [7, 11) is 0. The van der Waals surface area contributed by atoms with Gasteiger partial charge in [0.1, 0.15) is 0 Å². The van der Waals surface area contributed by atoms with Gasteiger partial charge in [0, 0.05) is 19.6 Å². The van der Waals surface area contributed by atoms with E-state index in [2.05, 4.69) is 0 Å². The number of halogens is 3. The monoisotopic (exact) mass is 273 g/mol. The normalized spacial score (nSPS) is 29.4. The van der Waals surface area contributed by atoms with Gasteiger partial charge in [0.05, 0.1) is 11.5 Å². The molecule has 0 spiro atoms. The minimum atomic E-state index is -4.29. The Kier molecular flexibility index (Phi) is 3.87. The van der Waals surface area contributed by atoms with Crippen molar-refractivity contribution in [3.8, 4) is 0 Å². The maximum atomic E-state index is 13.1. The first-order valence-corrected chi connectivity index (χ1v) is 6.31. The minimum absolute atomic E-state index is 0.0670. The third-order valence-corrected chi connectivity index (χ3v) is 3.66. The van der Waals surface area contributed by atoms with Gasteiger partial charge in [-0.1, -0.05) is 30.3 Å². The molecule has 2 atom stereocenters. The molecule has 1 aliphatic rings. The third kappa shape index (κ3) is 3.28. The van der Waals surface area contributed by atoms with Crippen LogP contribution in [0.5, 0.6) is 0 Å². The molecule has 1 aliphatic heterocycles. The quantitative estimate of drug-likeness (QED) is 0.895. The number of alkyl halides is 3. The van der Waals surface area contributed by atoms with Gasteiger partial charge in [0.25, 0.3) is 0 Å². The van der Waals surface area contributed by atoms with Crippen LogP contribution in [0.2, 0.25) is 0 Å². The van der Waals surface area contributed by atoms with Crippen molar-refractivity contribution in [2.75, 3.05) is 13.1 Å². The molecular formula is C14H18F3NO. The van der Waals surface area contributed by atoms with Gasteiger partial charge in [-0.3, -0.25) is 4.90 Å². The highest BCUT2D eigenvalue weighted by Crippen LogP contribution is 2.44. The van der Waals surface area contributed by atoms with Crippen molar-refractivity contribution in [3.63, 3.8) is 0 Å². The molecular weight excluding hydrogens is 255 g/mol. The van der Waals surface area contributed by atoms with Gasteiger partial charge in [-0.2, -0.15) is 13.2 Å². The predicted molar refractivity (Wildman–Crippen MR) is 66.5 cm³/mol. The van der Waals surface area contributed by atoms with Crippen molar-refractivity contribution in [3.05, 3.63) is 35.9 Å². The van der Waals surface area contributed by atoms with Gasteiger partial charge in [-0.05, 0) is 18.9 Å². The van der Waals surface area contributed by atoms with Crippen LogP contribution in [0.1, 0.15) is 18.9 Å². The van der Waals surface area contributed by atoms with Gasteiger partial charge in [0.15, 0.2) is 0 Å². The average Bonchev–Trinajstić information content (AvgIpc) is 2.27. The number of aliphatic hydroxyl groups excluding tert-OH is 1. The lowest BCUT2D eigenvalue weighted by molar-refractivity contribution is -0.243. The van der Waals surface area contributed by atoms with E-state index in [-0.39, 0.29) is 13.0 Å². The maximum Gasteiger partial charge on any atom is 0.395 e. The second-order valence-corrected chi connectivity index (χ2v) is 5.57. The Morgan fingerprint density at radius 2 is 1.95 bits per heavy atom. The number of aliphatic hydroxyl groups is 1. The number of hydrogen-bond donors (Lipinski definition) is 1. The lowest BCUT2D eigenvalue weighted by Crippen LogP contribution is -2.54. The molecule has 0 aromatic heterocycles. The van der Waals surface area contributed by atoms with E-state index in [9.17, 15) is 18.3 Å². The molecule has 1 saturated heterocycles. The van der Waals surface area contributed by atoms with E-state index in [1.807, 2.05) is 30.3 Å². The smallest absolute Gasteiger partial charge is 0.392 e. The molecule has 1 heterocycles. The van der Waals surface area contributed by atoms with Crippen molar-refractivity contribution < 1.29 is 18.3 Å². The number of nitrogens with zero attached hydrogens (tertiary/aromatic N) is 1. The van der Waals surface area contributed by atoms with Crippen LogP contribution in [0.4, 0.5) is 13.2 Å². The number of likely N-dealkylation sites (tertiary alicyclic amines) is 1. The Labute approximate surface area is 110 Å². The fraction of sp³-hybridized carbons (Fsp3) is 0.571. The minimum Gasteiger partial charge on any atom is -0.392 e. The lowest BCUT2D eigenvalue weighted by atomic mass is 9.80. The highest BCUT2D eigenvalue weighted by molar-refractivity contribution is 5.14. The molecule has 106 valence electrons. The van der Waals surface area contributed by atoms with Gasteiger partial charge in [-0.25, -0.2) is 0 Å². The molecule has 1 aromatic carbocycles. The Morgan fingerprint density at radius 1 is 1.32 bits per heavy atom. The zero-order valence-corrected chi connectivity index (χ0v) is 10.8. The van der Waals surface area contributed by atoms with Gasteiger partial charge in [0.2, 0.25) is 0 Å². The van der Waals surface area contributed by atoms with E-state index in [1.165, 1.54) is 6.92 Å². The SMILES string of the molecule is CC1(C(F)(F)F)CC(O)CN(Cc2ccccc2)C1. The Bertz CT molecular complexity index is 420. The molecule has 5 heteroatoms. The van der Waals surface area contributed by atoms with Crippen LogP contribution in [0, 0.1) is 5.41 Å². The van der Waals surface area contributed by atoms with E-state index in [0.29, 0.717) is 13.1 Å². The number of hydrogen-bond acceptors (Lipinski definition) is 2. The largest absolute Gasteiger partial charge is 0.395 e. The van der Waals surface area contributed by atoms with Crippen LogP contribution < -0.4 is 0 Å². The number of piperidine rings is 1. The molecule has 19 heavy (non-hydrogen) atoms. The molecule has 0 saturated carbocycles. The Morgan fingerprint density at radius 3 is 2.53 bits per heavy atom. The molecule has 2 unspecified atom stereocenters. The summed E-state index contributed by atoms with van der Waals surface area (Å²) in [4.78, 5) is 1.68. The molecule has 1 fully saturated rings. The standard InChI is InChI=1S/C14H18F3NO/c1-13(14(15,16)17)7-12(19)9-18(10-13)8-11-5-3-2-4-6-11/h2-6,12,19H,7-10H2,1H3. The molecule has 0 radical (unpaired) electrons. The maximum absolute atomic E-state index is 13.1. The molecule has 2 rings (SSSR count). The topological polar surface area (TPSA) is 23.5 Å². The summed E-state index contributed by atoms with van der Waals surface area (Å²) < 4.78 is 39.2. The fourth-order valence-corrected chi connectivity index (χ4v) is 2.67. The first kappa shape index (κ1) is 14.3. The summed E-state index contributed by atoms with van der Waals surface area (Å²) in [6.07, 6.45) is -5.44. The average molecular weight is 273 g/mol. The molecule has 0 aliphatic carbocycles. The zero-order chi connectivity index (χ0) is 14.1. The summed E-state index contributed by atoms with van der Waals surface area (Å²) in [5, 5.41) is 9.71. The summed E-state index contributed by atoms with van der Waals surface area (Å²) in [6.45, 7) is 1.85. The summed E-state index contributed by atoms with van der Waals surface area (Å²) in [5.41, 5.74) is -0.875. The highest BCUT2D eigenvalue weighted by Gasteiger charge is 2.54. The van der Waals surface area contributed by atoms with Crippen molar-refractivity contribution in [1.29, 1.82) is 0 Å². The first-order chi connectivity index (χ1) is 8.80. The summed E-state index contributed by atoms with van der Waals surface area (Å²) in [6, 6.07) is 9.35. The molecule has 1 aromatic rings. The highest BCUT2D eigenvalue weighted by atomic mass is 19.4. The van der Waals surface area contributed by atoms with Crippen LogP contribution in [-0.2, 0) is 6.54 Å². The number of β-amino-alcohol motifs (C(OH)–C–C–N with tert-alkyl or cyclic N) is 1. The van der Waals surface area contributed by atoms with E-state index in [0.717, 1.165) is 5.56 Å². The van der Waals surface area contributed by atoms with Crippen molar-refractivity contribution in [2.45, 2.75) is 32.2 Å². The predicted octanol–water partition coefficient (Wildman–Crippen LogP) is 2.82. The van der Waals surface area contributed by atoms with Crippen LogP contribution in [-0.4, -0.2) is 35.4 Å². The Balaban J connectivity index is 2.10. The van der Waals surface area contributed by atoms with Crippen molar-refractivity contribution in [1.82, 2.24) is 4.90 Å². The van der Waals surface area contributed by atoms with Crippen LogP contribution >= 0.6 is 0 Å². The second-order valence-electron chi connectivity index (χ2n) is 5.57. The number of rotatable bonds is 2. The second kappa shape index (κ2) is 5.13. The molecule has 0 bridgehead atoms. The van der Waals surface area contributed by atoms with E-state index < -0.39 is 17.7 Å². The molecule has 0 amide bonds. The van der Waals surface area contributed by atoms with Crippen LogP contribution in [0.3, 0.4) is 0 Å². The Hall–Kier alpha value is -1.07. The first-order valence-electron chi connectivity index (χ1n) is 6.31. The lowest BCUT2D eigenvalue weighted by Gasteiger charge is -2.43. The molecule has 1 N–H and O–H groups in total. The zero-order valence-electron chi connectivity index (χ0n) is 10.8. The van der Waals surface area contributed by atoms with Crippen LogP contribution in [0.25, 0.3) is 0 Å². The van der Waals surface area contributed by atoms with Gasteiger partial charge < -0.3 is 5.11 Å². The van der Waals surface area contributed by atoms with Gasteiger partial charge in [-0.15, -0.1) is 0 Å². The van der Waals surface area contributed by atoms with E-state index >= 15 is 0 Å². The number of benzene rings is 1. The van der Waals surface area contributed by atoms with Crippen LogP contribution in [0.15, 0.2) is 30.3 Å². The summed E-state index contributed by atoms with van der Waals surface area (Å²) in [5.74, 6) is 0.